The lowest BCUT2D eigenvalue weighted by molar-refractivity contribution is 0.135. The molecule has 1 aliphatic rings. The zero-order valence-corrected chi connectivity index (χ0v) is 15.8. The lowest BCUT2D eigenvalue weighted by Gasteiger charge is -2.18. The first-order chi connectivity index (χ1) is 12.1. The highest BCUT2D eigenvalue weighted by atomic mass is 32.2. The Morgan fingerprint density at radius 2 is 1.85 bits per heavy atom. The second-order valence-corrected chi connectivity index (χ2v) is 8.47. The molecule has 8 nitrogen and oxygen atoms in total. The van der Waals surface area contributed by atoms with Crippen molar-refractivity contribution in [2.45, 2.75) is 44.6 Å². The van der Waals surface area contributed by atoms with Crippen molar-refractivity contribution < 1.29 is 17.9 Å². The molecular weight excluding hydrogens is 356 g/mol. The molecule has 26 heavy (non-hydrogen) atoms. The molecule has 3 rings (SSSR count). The topological polar surface area (TPSA) is 110 Å². The van der Waals surface area contributed by atoms with Crippen molar-refractivity contribution in [3.8, 4) is 5.75 Å². The molecule has 0 aliphatic carbocycles. The second kappa shape index (κ2) is 6.24. The molecular formula is C17H20N4O4S. The minimum absolute atomic E-state index is 0.0332. The standard InChI is InChI=1S/C17H20N4O4S/c1-10-8-11(2)19-15(18-10)20-16(22)21-26(23,24)13-7-5-6-12-9-17(3,4)25-14(12)13/h5-8H,9H2,1-4H3,(H2,18,19,20,21,22). The Morgan fingerprint density at radius 1 is 1.19 bits per heavy atom. The van der Waals surface area contributed by atoms with E-state index in [0.29, 0.717) is 17.8 Å². The fraction of sp³-hybridized carbons (Fsp3) is 0.353. The Balaban J connectivity index is 1.82. The molecule has 0 unspecified atom stereocenters. The lowest BCUT2D eigenvalue weighted by Crippen LogP contribution is -2.35. The first-order valence-corrected chi connectivity index (χ1v) is 9.51. The SMILES string of the molecule is Cc1cc(C)nc(NC(=O)NS(=O)(=O)c2cccc3c2OC(C)(C)C3)n1. The number of anilines is 1. The summed E-state index contributed by atoms with van der Waals surface area (Å²) in [5, 5.41) is 2.34. The predicted octanol–water partition coefficient (Wildman–Crippen LogP) is 2.32. The van der Waals surface area contributed by atoms with Crippen LogP contribution in [0.5, 0.6) is 5.75 Å². The number of hydrogen-bond acceptors (Lipinski definition) is 6. The van der Waals surface area contributed by atoms with Crippen molar-refractivity contribution in [3.05, 3.63) is 41.2 Å². The minimum atomic E-state index is -4.12. The van der Waals surface area contributed by atoms with Gasteiger partial charge in [0.2, 0.25) is 5.95 Å². The smallest absolute Gasteiger partial charge is 0.335 e. The van der Waals surface area contributed by atoms with E-state index in [9.17, 15) is 13.2 Å². The number of aryl methyl sites for hydroxylation is 2. The largest absolute Gasteiger partial charge is 0.486 e. The first-order valence-electron chi connectivity index (χ1n) is 8.03. The number of ether oxygens (including phenoxy) is 1. The number of para-hydroxylation sites is 1. The van der Waals surface area contributed by atoms with E-state index in [1.807, 2.05) is 24.6 Å². The number of sulfonamides is 1. The van der Waals surface area contributed by atoms with Crippen LogP contribution < -0.4 is 14.8 Å². The number of nitrogens with zero attached hydrogens (tertiary/aromatic N) is 2. The van der Waals surface area contributed by atoms with Gasteiger partial charge < -0.3 is 4.74 Å². The van der Waals surface area contributed by atoms with Crippen LogP contribution in [0.1, 0.15) is 30.8 Å². The summed E-state index contributed by atoms with van der Waals surface area (Å²) in [5.41, 5.74) is 1.61. The Morgan fingerprint density at radius 3 is 2.50 bits per heavy atom. The normalized spacial score (nSPS) is 15.1. The van der Waals surface area contributed by atoms with Crippen molar-refractivity contribution in [1.82, 2.24) is 14.7 Å². The summed E-state index contributed by atoms with van der Waals surface area (Å²) < 4.78 is 33.0. The monoisotopic (exact) mass is 376 g/mol. The van der Waals surface area contributed by atoms with Gasteiger partial charge in [-0.05, 0) is 45.4 Å². The van der Waals surface area contributed by atoms with Gasteiger partial charge in [0.1, 0.15) is 16.2 Å². The highest BCUT2D eigenvalue weighted by molar-refractivity contribution is 7.90. The number of amides is 2. The molecule has 1 aliphatic heterocycles. The molecule has 0 bridgehead atoms. The van der Waals surface area contributed by atoms with Gasteiger partial charge in [-0.25, -0.2) is 27.9 Å². The number of aromatic nitrogens is 2. The third kappa shape index (κ3) is 3.77. The van der Waals surface area contributed by atoms with E-state index in [0.717, 1.165) is 5.56 Å². The number of nitrogens with one attached hydrogen (secondary N) is 2. The first kappa shape index (κ1) is 18.1. The molecule has 0 spiro atoms. The van der Waals surface area contributed by atoms with Gasteiger partial charge in [0.15, 0.2) is 0 Å². The van der Waals surface area contributed by atoms with Crippen molar-refractivity contribution in [2.75, 3.05) is 5.32 Å². The average Bonchev–Trinajstić information content (AvgIpc) is 2.78. The van der Waals surface area contributed by atoms with E-state index in [2.05, 4.69) is 15.3 Å². The maximum absolute atomic E-state index is 12.6. The molecule has 2 N–H and O–H groups in total. The summed E-state index contributed by atoms with van der Waals surface area (Å²) in [5.74, 6) is 0.311. The lowest BCUT2D eigenvalue weighted by atomic mass is 10.0. The summed E-state index contributed by atoms with van der Waals surface area (Å²) in [6.07, 6.45) is 0.592. The molecule has 9 heteroatoms. The molecule has 0 saturated heterocycles. The van der Waals surface area contributed by atoms with Crippen LogP contribution in [0.25, 0.3) is 0 Å². The molecule has 0 fully saturated rings. The van der Waals surface area contributed by atoms with Crippen molar-refractivity contribution in [2.24, 2.45) is 0 Å². The maximum Gasteiger partial charge on any atom is 0.335 e. The van der Waals surface area contributed by atoms with E-state index in [4.69, 9.17) is 4.74 Å². The summed E-state index contributed by atoms with van der Waals surface area (Å²) in [7, 11) is -4.12. The van der Waals surface area contributed by atoms with Gasteiger partial charge in [0.05, 0.1) is 0 Å². The molecule has 2 aromatic rings. The molecule has 2 heterocycles. The zero-order valence-electron chi connectivity index (χ0n) is 15.0. The zero-order chi connectivity index (χ0) is 19.1. The van der Waals surface area contributed by atoms with Crippen LogP contribution in [-0.4, -0.2) is 30.0 Å². The molecule has 138 valence electrons. The average molecular weight is 376 g/mol. The summed E-state index contributed by atoms with van der Waals surface area (Å²) in [4.78, 5) is 20.2. The molecule has 2 amide bonds. The molecule has 1 aromatic carbocycles. The van der Waals surface area contributed by atoms with Crippen LogP contribution in [0.4, 0.5) is 10.7 Å². The van der Waals surface area contributed by atoms with Gasteiger partial charge in [-0.1, -0.05) is 12.1 Å². The number of carbonyl (C=O) groups excluding carboxylic acids is 1. The van der Waals surface area contributed by atoms with Gasteiger partial charge in [-0.15, -0.1) is 0 Å². The maximum atomic E-state index is 12.6. The van der Waals surface area contributed by atoms with Crippen molar-refractivity contribution in [1.29, 1.82) is 0 Å². The summed E-state index contributed by atoms with van der Waals surface area (Å²) in [6, 6.07) is 5.65. The highest BCUT2D eigenvalue weighted by Crippen LogP contribution is 2.39. The Bertz CT molecular complexity index is 966. The third-order valence-corrected chi connectivity index (χ3v) is 5.13. The Hall–Kier alpha value is -2.68. The van der Waals surface area contributed by atoms with Gasteiger partial charge in [0, 0.05) is 17.8 Å². The van der Waals surface area contributed by atoms with Crippen LogP contribution in [-0.2, 0) is 16.4 Å². The number of urea groups is 1. The highest BCUT2D eigenvalue weighted by Gasteiger charge is 2.35. The van der Waals surface area contributed by atoms with Crippen LogP contribution >= 0.6 is 0 Å². The second-order valence-electron chi connectivity index (χ2n) is 6.82. The van der Waals surface area contributed by atoms with Crippen LogP contribution in [0.2, 0.25) is 0 Å². The van der Waals surface area contributed by atoms with E-state index in [-0.39, 0.29) is 16.6 Å². The van der Waals surface area contributed by atoms with Crippen molar-refractivity contribution >= 4 is 22.0 Å². The fourth-order valence-electron chi connectivity index (χ4n) is 2.88. The van der Waals surface area contributed by atoms with Gasteiger partial charge in [-0.2, -0.15) is 0 Å². The summed E-state index contributed by atoms with van der Waals surface area (Å²) in [6.45, 7) is 7.25. The Kier molecular flexibility index (Phi) is 4.35. The molecule has 0 saturated carbocycles. The number of fused-ring (bicyclic) bond motifs is 1. The van der Waals surface area contributed by atoms with E-state index in [1.54, 1.807) is 26.0 Å². The van der Waals surface area contributed by atoms with Crippen LogP contribution in [0.3, 0.4) is 0 Å². The van der Waals surface area contributed by atoms with E-state index in [1.165, 1.54) is 6.07 Å². The number of rotatable bonds is 3. The van der Waals surface area contributed by atoms with Gasteiger partial charge >= 0.3 is 6.03 Å². The van der Waals surface area contributed by atoms with E-state index >= 15 is 0 Å². The molecule has 0 radical (unpaired) electrons. The molecule has 0 atom stereocenters. The van der Waals surface area contributed by atoms with Gasteiger partial charge in [0.25, 0.3) is 10.0 Å². The molecule has 1 aromatic heterocycles. The van der Waals surface area contributed by atoms with E-state index < -0.39 is 21.7 Å². The number of carbonyl (C=O) groups is 1. The summed E-state index contributed by atoms with van der Waals surface area (Å²) >= 11 is 0. The number of benzene rings is 1. The third-order valence-electron chi connectivity index (χ3n) is 3.78. The van der Waals surface area contributed by atoms with Crippen LogP contribution in [0.15, 0.2) is 29.2 Å². The quantitative estimate of drug-likeness (QED) is 0.851. The minimum Gasteiger partial charge on any atom is -0.486 e. The van der Waals surface area contributed by atoms with Crippen molar-refractivity contribution in [3.63, 3.8) is 0 Å². The van der Waals surface area contributed by atoms with Gasteiger partial charge in [-0.3, -0.25) is 5.32 Å². The Labute approximate surface area is 152 Å². The fourth-order valence-corrected chi connectivity index (χ4v) is 3.96. The predicted molar refractivity (Wildman–Crippen MR) is 95.7 cm³/mol. The number of hydrogen-bond donors (Lipinski definition) is 2. The van der Waals surface area contributed by atoms with Crippen LogP contribution in [0, 0.1) is 13.8 Å².